The first-order chi connectivity index (χ1) is 8.97. The molecule has 6 nitrogen and oxygen atoms in total. The molecule has 0 aromatic carbocycles. The lowest BCUT2D eigenvalue weighted by Gasteiger charge is -2.18. The molecule has 0 aliphatic rings. The number of nitrogens with zero attached hydrogens (tertiary/aromatic N) is 5. The summed E-state index contributed by atoms with van der Waals surface area (Å²) in [4.78, 5) is 0. The van der Waals surface area contributed by atoms with Crippen LogP contribution in [0, 0.1) is 0 Å². The van der Waals surface area contributed by atoms with Gasteiger partial charge in [-0.1, -0.05) is 0 Å². The van der Waals surface area contributed by atoms with Crippen LogP contribution in [0.4, 0.5) is 0 Å². The van der Waals surface area contributed by atoms with Gasteiger partial charge >= 0.3 is 0 Å². The highest BCUT2D eigenvalue weighted by Crippen LogP contribution is 2.12. The smallest absolute Gasteiger partial charge is 0.133 e. The van der Waals surface area contributed by atoms with Gasteiger partial charge in [0.05, 0.1) is 11.7 Å². The highest BCUT2D eigenvalue weighted by Gasteiger charge is 2.13. The Morgan fingerprint density at radius 1 is 1.32 bits per heavy atom. The minimum Gasteiger partial charge on any atom is -0.321 e. The molecule has 0 aliphatic carbocycles. The lowest BCUT2D eigenvalue weighted by molar-refractivity contribution is 0.355. The van der Waals surface area contributed by atoms with Crippen molar-refractivity contribution in [3.63, 3.8) is 0 Å². The minimum atomic E-state index is 0.0386. The Balaban J connectivity index is 1.77. The van der Waals surface area contributed by atoms with E-state index < -0.39 is 0 Å². The molecule has 19 heavy (non-hydrogen) atoms. The monoisotopic (exact) mass is 262 g/mol. The topological polar surface area (TPSA) is 60.6 Å². The molecule has 1 N–H and O–H groups in total. The van der Waals surface area contributed by atoms with Gasteiger partial charge in [0.1, 0.15) is 12.2 Å². The molecule has 0 bridgehead atoms. The van der Waals surface area contributed by atoms with E-state index >= 15 is 0 Å². The number of nitrogens with one attached hydrogen (secondary N) is 1. The Hall–Kier alpha value is -1.69. The van der Waals surface area contributed by atoms with Crippen molar-refractivity contribution in [2.24, 2.45) is 7.05 Å². The second-order valence-electron chi connectivity index (χ2n) is 5.75. The van der Waals surface area contributed by atoms with Crippen LogP contribution < -0.4 is 5.32 Å². The van der Waals surface area contributed by atoms with Crippen molar-refractivity contribution >= 4 is 0 Å². The van der Waals surface area contributed by atoms with Crippen molar-refractivity contribution in [3.8, 4) is 0 Å². The third kappa shape index (κ3) is 3.64. The van der Waals surface area contributed by atoms with Crippen LogP contribution in [-0.4, -0.2) is 31.1 Å². The highest BCUT2D eigenvalue weighted by molar-refractivity contribution is 5.04. The maximum absolute atomic E-state index is 4.38. The van der Waals surface area contributed by atoms with E-state index in [1.54, 1.807) is 6.33 Å². The number of hydrogen-bond acceptors (Lipinski definition) is 4. The molecule has 0 aliphatic heterocycles. The largest absolute Gasteiger partial charge is 0.321 e. The first kappa shape index (κ1) is 13.7. The lowest BCUT2D eigenvalue weighted by Crippen LogP contribution is -2.22. The third-order valence-electron chi connectivity index (χ3n) is 2.98. The third-order valence-corrected chi connectivity index (χ3v) is 2.98. The van der Waals surface area contributed by atoms with E-state index in [0.717, 1.165) is 25.3 Å². The summed E-state index contributed by atoms with van der Waals surface area (Å²) in [7, 11) is 1.96. The van der Waals surface area contributed by atoms with Crippen molar-refractivity contribution in [2.45, 2.75) is 39.3 Å². The SMILES string of the molecule is Cn1cnnc1CCNCc1cnn(C(C)(C)C)c1. The normalized spacial score (nSPS) is 12.0. The lowest BCUT2D eigenvalue weighted by atomic mass is 10.1. The molecule has 6 heteroatoms. The van der Waals surface area contributed by atoms with Gasteiger partial charge in [-0.25, -0.2) is 0 Å². The average molecular weight is 262 g/mol. The molecular formula is C13H22N6. The molecule has 0 saturated carbocycles. The highest BCUT2D eigenvalue weighted by atomic mass is 15.3. The second-order valence-corrected chi connectivity index (χ2v) is 5.75. The number of aromatic nitrogens is 5. The van der Waals surface area contributed by atoms with Crippen LogP contribution in [0.1, 0.15) is 32.2 Å². The van der Waals surface area contributed by atoms with Gasteiger partial charge in [-0.15, -0.1) is 10.2 Å². The molecule has 2 aromatic heterocycles. The van der Waals surface area contributed by atoms with Crippen LogP contribution in [0.25, 0.3) is 0 Å². The minimum absolute atomic E-state index is 0.0386. The maximum atomic E-state index is 4.38. The Morgan fingerprint density at radius 3 is 2.68 bits per heavy atom. The van der Waals surface area contributed by atoms with Gasteiger partial charge in [-0.05, 0) is 20.8 Å². The molecule has 0 saturated heterocycles. The Kier molecular flexibility index (Phi) is 3.99. The number of rotatable bonds is 5. The summed E-state index contributed by atoms with van der Waals surface area (Å²) in [6.45, 7) is 8.14. The first-order valence-electron chi connectivity index (χ1n) is 6.54. The van der Waals surface area contributed by atoms with Gasteiger partial charge in [0.15, 0.2) is 0 Å². The fourth-order valence-electron chi connectivity index (χ4n) is 1.78. The molecule has 0 spiro atoms. The summed E-state index contributed by atoms with van der Waals surface area (Å²) in [5.41, 5.74) is 1.24. The van der Waals surface area contributed by atoms with E-state index in [4.69, 9.17) is 0 Å². The van der Waals surface area contributed by atoms with Crippen LogP contribution in [0.15, 0.2) is 18.7 Å². The van der Waals surface area contributed by atoms with E-state index in [1.807, 2.05) is 22.5 Å². The zero-order chi connectivity index (χ0) is 13.9. The molecule has 2 aromatic rings. The van der Waals surface area contributed by atoms with Crippen LogP contribution >= 0.6 is 0 Å². The standard InChI is InChI=1S/C13H22N6/c1-13(2,3)19-9-11(8-16-19)7-14-6-5-12-17-15-10-18(12)4/h8-10,14H,5-7H2,1-4H3. The van der Waals surface area contributed by atoms with E-state index in [1.165, 1.54) is 5.56 Å². The molecule has 104 valence electrons. The van der Waals surface area contributed by atoms with Crippen molar-refractivity contribution in [2.75, 3.05) is 6.54 Å². The summed E-state index contributed by atoms with van der Waals surface area (Å²) in [5, 5.41) is 15.7. The quantitative estimate of drug-likeness (QED) is 0.820. The fraction of sp³-hybridized carbons (Fsp3) is 0.615. The molecule has 0 fully saturated rings. The predicted molar refractivity (Wildman–Crippen MR) is 73.6 cm³/mol. The van der Waals surface area contributed by atoms with Crippen LogP contribution in [0.2, 0.25) is 0 Å². The predicted octanol–water partition coefficient (Wildman–Crippen LogP) is 1.10. The summed E-state index contributed by atoms with van der Waals surface area (Å²) < 4.78 is 3.94. The number of hydrogen-bond donors (Lipinski definition) is 1. The van der Waals surface area contributed by atoms with Gasteiger partial charge in [0, 0.05) is 38.3 Å². The molecule has 2 heterocycles. The van der Waals surface area contributed by atoms with Gasteiger partial charge < -0.3 is 9.88 Å². The number of aryl methyl sites for hydroxylation is 1. The van der Waals surface area contributed by atoms with Crippen molar-refractivity contribution in [1.29, 1.82) is 0 Å². The van der Waals surface area contributed by atoms with Crippen LogP contribution in [-0.2, 0) is 25.6 Å². The Labute approximate surface area is 113 Å². The van der Waals surface area contributed by atoms with Crippen LogP contribution in [0.3, 0.4) is 0 Å². The Morgan fingerprint density at radius 2 is 2.11 bits per heavy atom. The second kappa shape index (κ2) is 5.52. The zero-order valence-corrected chi connectivity index (χ0v) is 12.1. The van der Waals surface area contributed by atoms with E-state index in [-0.39, 0.29) is 5.54 Å². The maximum Gasteiger partial charge on any atom is 0.133 e. The molecule has 2 rings (SSSR count). The summed E-state index contributed by atoms with van der Waals surface area (Å²) in [5.74, 6) is 0.998. The van der Waals surface area contributed by atoms with Gasteiger partial charge in [0.2, 0.25) is 0 Å². The van der Waals surface area contributed by atoms with E-state index in [0.29, 0.717) is 0 Å². The van der Waals surface area contributed by atoms with Crippen LogP contribution in [0.5, 0.6) is 0 Å². The summed E-state index contributed by atoms with van der Waals surface area (Å²) in [6, 6.07) is 0. The van der Waals surface area contributed by atoms with Gasteiger partial charge in [-0.3, -0.25) is 4.68 Å². The van der Waals surface area contributed by atoms with Crippen molar-refractivity contribution < 1.29 is 0 Å². The summed E-state index contributed by atoms with van der Waals surface area (Å²) >= 11 is 0. The molecular weight excluding hydrogens is 240 g/mol. The molecule has 0 amide bonds. The Bertz CT molecular complexity index is 519. The molecule has 0 radical (unpaired) electrons. The van der Waals surface area contributed by atoms with Crippen molar-refractivity contribution in [3.05, 3.63) is 30.1 Å². The first-order valence-corrected chi connectivity index (χ1v) is 6.54. The summed E-state index contributed by atoms with van der Waals surface area (Å²) in [6.07, 6.45) is 6.61. The van der Waals surface area contributed by atoms with E-state index in [2.05, 4.69) is 47.6 Å². The average Bonchev–Trinajstić information content (AvgIpc) is 2.93. The van der Waals surface area contributed by atoms with Gasteiger partial charge in [0.25, 0.3) is 0 Å². The van der Waals surface area contributed by atoms with Gasteiger partial charge in [-0.2, -0.15) is 5.10 Å². The van der Waals surface area contributed by atoms with E-state index in [9.17, 15) is 0 Å². The molecule has 0 atom stereocenters. The molecule has 0 unspecified atom stereocenters. The van der Waals surface area contributed by atoms with Crippen molar-refractivity contribution in [1.82, 2.24) is 29.9 Å². The fourth-order valence-corrected chi connectivity index (χ4v) is 1.78. The zero-order valence-electron chi connectivity index (χ0n) is 12.1.